The zero-order valence-corrected chi connectivity index (χ0v) is 15.7. The number of rotatable bonds is 6. The lowest BCUT2D eigenvalue weighted by Gasteiger charge is -2.38. The van der Waals surface area contributed by atoms with Gasteiger partial charge in [0.1, 0.15) is 5.41 Å². The van der Waals surface area contributed by atoms with E-state index in [2.05, 4.69) is 49.1 Å². The highest BCUT2D eigenvalue weighted by atomic mass is 16.3. The van der Waals surface area contributed by atoms with Crippen molar-refractivity contribution in [2.45, 2.75) is 50.2 Å². The quantitative estimate of drug-likeness (QED) is 0.854. The summed E-state index contributed by atoms with van der Waals surface area (Å²) in [5, 5.41) is 20.2. The second-order valence-corrected chi connectivity index (χ2v) is 7.95. The van der Waals surface area contributed by atoms with Gasteiger partial charge >= 0.3 is 0 Å². The molecule has 2 aromatic rings. The van der Waals surface area contributed by atoms with E-state index in [9.17, 15) is 10.4 Å². The number of benzene rings is 2. The molecule has 3 rings (SSSR count). The number of β-amino-alcohol motifs (C(OH)–C–C–N with tert-alkyl or cyclic N) is 1. The third kappa shape index (κ3) is 3.67. The Morgan fingerprint density at radius 1 is 1.00 bits per heavy atom. The van der Waals surface area contributed by atoms with Crippen LogP contribution in [0.5, 0.6) is 0 Å². The van der Waals surface area contributed by atoms with Crippen molar-refractivity contribution in [3.8, 4) is 6.07 Å². The molecule has 1 unspecified atom stereocenters. The van der Waals surface area contributed by atoms with Crippen LogP contribution in [0.2, 0.25) is 0 Å². The largest absolute Gasteiger partial charge is 0.392 e. The fourth-order valence-electron chi connectivity index (χ4n) is 4.03. The standard InChI is InChI=1S/C23H28N2O/c1-22(2,25-16-13-21(26)17-25)14-15-23(18-24,19-9-5-3-6-10-19)20-11-7-4-8-12-20/h3-12,21,26H,13-17H2,1-2H3. The summed E-state index contributed by atoms with van der Waals surface area (Å²) in [6, 6.07) is 22.9. The molecule has 2 aromatic carbocycles. The number of hydrogen-bond acceptors (Lipinski definition) is 3. The van der Waals surface area contributed by atoms with Crippen LogP contribution in [0.3, 0.4) is 0 Å². The Morgan fingerprint density at radius 3 is 1.96 bits per heavy atom. The molecular formula is C23H28N2O. The molecule has 0 saturated carbocycles. The van der Waals surface area contributed by atoms with Gasteiger partial charge in [0.2, 0.25) is 0 Å². The molecule has 26 heavy (non-hydrogen) atoms. The first kappa shape index (κ1) is 18.6. The smallest absolute Gasteiger partial charge is 0.107 e. The van der Waals surface area contributed by atoms with E-state index in [0.717, 1.165) is 43.5 Å². The van der Waals surface area contributed by atoms with Crippen LogP contribution < -0.4 is 0 Å². The van der Waals surface area contributed by atoms with Crippen LogP contribution >= 0.6 is 0 Å². The Kier molecular flexibility index (Phi) is 5.46. The fourth-order valence-corrected chi connectivity index (χ4v) is 4.03. The van der Waals surface area contributed by atoms with E-state index < -0.39 is 5.41 Å². The molecule has 0 spiro atoms. The Bertz CT molecular complexity index is 709. The van der Waals surface area contributed by atoms with Crippen molar-refractivity contribution in [1.82, 2.24) is 4.90 Å². The second-order valence-electron chi connectivity index (χ2n) is 7.95. The van der Waals surface area contributed by atoms with Crippen molar-refractivity contribution in [2.24, 2.45) is 0 Å². The zero-order valence-electron chi connectivity index (χ0n) is 15.7. The molecule has 1 N–H and O–H groups in total. The highest BCUT2D eigenvalue weighted by Crippen LogP contribution is 2.39. The molecule has 1 aliphatic heterocycles. The summed E-state index contributed by atoms with van der Waals surface area (Å²) in [4.78, 5) is 2.36. The average molecular weight is 348 g/mol. The molecule has 0 radical (unpaired) electrons. The van der Waals surface area contributed by atoms with Crippen molar-refractivity contribution in [3.05, 3.63) is 71.8 Å². The molecule has 136 valence electrons. The molecule has 3 nitrogen and oxygen atoms in total. The number of hydrogen-bond donors (Lipinski definition) is 1. The maximum absolute atomic E-state index is 10.3. The van der Waals surface area contributed by atoms with Gasteiger partial charge in [0.15, 0.2) is 0 Å². The van der Waals surface area contributed by atoms with Gasteiger partial charge in [-0.3, -0.25) is 4.90 Å². The van der Waals surface area contributed by atoms with Crippen molar-refractivity contribution < 1.29 is 5.11 Å². The number of aliphatic hydroxyl groups is 1. The van der Waals surface area contributed by atoms with E-state index in [-0.39, 0.29) is 11.6 Å². The van der Waals surface area contributed by atoms with Crippen LogP contribution in [-0.4, -0.2) is 34.7 Å². The predicted molar refractivity (Wildman–Crippen MR) is 105 cm³/mol. The van der Waals surface area contributed by atoms with Crippen LogP contribution in [0.4, 0.5) is 0 Å². The molecule has 1 aliphatic rings. The van der Waals surface area contributed by atoms with Crippen LogP contribution in [-0.2, 0) is 5.41 Å². The summed E-state index contributed by atoms with van der Waals surface area (Å²) < 4.78 is 0. The maximum Gasteiger partial charge on any atom is 0.107 e. The number of nitriles is 1. The Hall–Kier alpha value is -2.15. The number of likely N-dealkylation sites (tertiary alicyclic amines) is 1. The van der Waals surface area contributed by atoms with Gasteiger partial charge in [-0.15, -0.1) is 0 Å². The van der Waals surface area contributed by atoms with Crippen molar-refractivity contribution >= 4 is 0 Å². The molecule has 0 bridgehead atoms. The first-order valence-corrected chi connectivity index (χ1v) is 9.43. The summed E-state index contributed by atoms with van der Waals surface area (Å²) in [6.07, 6.45) is 2.25. The molecule has 0 aliphatic carbocycles. The highest BCUT2D eigenvalue weighted by Gasteiger charge is 2.39. The minimum atomic E-state index is -0.655. The van der Waals surface area contributed by atoms with Gasteiger partial charge in [0.25, 0.3) is 0 Å². The highest BCUT2D eigenvalue weighted by molar-refractivity contribution is 5.45. The third-order valence-corrected chi connectivity index (χ3v) is 5.86. The van der Waals surface area contributed by atoms with Gasteiger partial charge in [-0.05, 0) is 44.2 Å². The SMILES string of the molecule is CC(C)(CCC(C#N)(c1ccccc1)c1ccccc1)N1CCC(O)C1. The van der Waals surface area contributed by atoms with Gasteiger partial charge in [-0.2, -0.15) is 5.26 Å². The van der Waals surface area contributed by atoms with Crippen LogP contribution in [0.25, 0.3) is 0 Å². The lowest BCUT2D eigenvalue weighted by atomic mass is 9.70. The van der Waals surface area contributed by atoms with E-state index in [1.807, 2.05) is 36.4 Å². The van der Waals surface area contributed by atoms with Gasteiger partial charge in [0.05, 0.1) is 12.2 Å². The van der Waals surface area contributed by atoms with E-state index in [0.29, 0.717) is 0 Å². The van der Waals surface area contributed by atoms with Crippen LogP contribution in [0.15, 0.2) is 60.7 Å². The van der Waals surface area contributed by atoms with E-state index in [4.69, 9.17) is 0 Å². The molecule has 0 amide bonds. The topological polar surface area (TPSA) is 47.3 Å². The van der Waals surface area contributed by atoms with Crippen LogP contribution in [0, 0.1) is 11.3 Å². The normalized spacial score (nSPS) is 18.6. The molecule has 1 fully saturated rings. The third-order valence-electron chi connectivity index (χ3n) is 5.86. The van der Waals surface area contributed by atoms with Crippen LogP contribution in [0.1, 0.15) is 44.2 Å². The lowest BCUT2D eigenvalue weighted by Crippen LogP contribution is -2.44. The first-order valence-electron chi connectivity index (χ1n) is 9.43. The van der Waals surface area contributed by atoms with Gasteiger partial charge in [0, 0.05) is 18.6 Å². The lowest BCUT2D eigenvalue weighted by molar-refractivity contribution is 0.107. The molecule has 1 saturated heterocycles. The van der Waals surface area contributed by atoms with E-state index in [1.54, 1.807) is 0 Å². The Labute approximate surface area is 156 Å². The van der Waals surface area contributed by atoms with E-state index in [1.165, 1.54) is 0 Å². The Morgan fingerprint density at radius 2 is 1.54 bits per heavy atom. The average Bonchev–Trinajstić information content (AvgIpc) is 3.12. The molecule has 1 atom stereocenters. The van der Waals surface area contributed by atoms with Crippen molar-refractivity contribution in [3.63, 3.8) is 0 Å². The summed E-state index contributed by atoms with van der Waals surface area (Å²) >= 11 is 0. The van der Waals surface area contributed by atoms with Gasteiger partial charge < -0.3 is 5.11 Å². The molecular weight excluding hydrogens is 320 g/mol. The summed E-state index contributed by atoms with van der Waals surface area (Å²) in [6.45, 7) is 6.10. The minimum Gasteiger partial charge on any atom is -0.392 e. The minimum absolute atomic E-state index is 0.0524. The predicted octanol–water partition coefficient (Wildman–Crippen LogP) is 4.12. The van der Waals surface area contributed by atoms with Gasteiger partial charge in [-0.25, -0.2) is 0 Å². The molecule has 1 heterocycles. The number of aliphatic hydroxyl groups excluding tert-OH is 1. The fraction of sp³-hybridized carbons (Fsp3) is 0.435. The molecule has 0 aromatic heterocycles. The van der Waals surface area contributed by atoms with Crippen molar-refractivity contribution in [2.75, 3.05) is 13.1 Å². The maximum atomic E-state index is 10.3. The number of nitrogens with zero attached hydrogens (tertiary/aromatic N) is 2. The Balaban J connectivity index is 1.91. The first-order chi connectivity index (χ1) is 12.5. The summed E-state index contributed by atoms with van der Waals surface area (Å²) in [5.74, 6) is 0. The zero-order chi connectivity index (χ0) is 18.6. The van der Waals surface area contributed by atoms with E-state index >= 15 is 0 Å². The molecule has 3 heteroatoms. The second kappa shape index (κ2) is 7.61. The monoisotopic (exact) mass is 348 g/mol. The summed E-state index contributed by atoms with van der Waals surface area (Å²) in [5.41, 5.74) is 1.39. The van der Waals surface area contributed by atoms with Crippen molar-refractivity contribution in [1.29, 1.82) is 5.26 Å². The van der Waals surface area contributed by atoms with Gasteiger partial charge in [-0.1, -0.05) is 60.7 Å². The summed E-state index contributed by atoms with van der Waals surface area (Å²) in [7, 11) is 0.